The van der Waals surface area contributed by atoms with Crippen LogP contribution in [0.5, 0.6) is 0 Å². The smallest absolute Gasteiger partial charge is 0.319 e. The topological polar surface area (TPSA) is 51.8 Å². The van der Waals surface area contributed by atoms with Gasteiger partial charge in [0.15, 0.2) is 0 Å². The monoisotopic (exact) mass is 315 g/mol. The molecule has 1 unspecified atom stereocenters. The summed E-state index contributed by atoms with van der Waals surface area (Å²) in [6.45, 7) is 3.66. The van der Waals surface area contributed by atoms with E-state index in [9.17, 15) is 13.2 Å². The third-order valence-corrected chi connectivity index (χ3v) is 4.14. The van der Waals surface area contributed by atoms with Crippen molar-refractivity contribution in [3.8, 4) is 0 Å². The van der Waals surface area contributed by atoms with Crippen LogP contribution in [-0.2, 0) is 12.6 Å². The number of alkyl halides is 3. The number of benzene rings is 1. The molecule has 0 bridgehead atoms. The lowest BCUT2D eigenvalue weighted by Gasteiger charge is -2.16. The van der Waals surface area contributed by atoms with E-state index < -0.39 is 17.8 Å². The molecule has 0 aliphatic heterocycles. The molecule has 1 aromatic heterocycles. The lowest BCUT2D eigenvalue weighted by Crippen LogP contribution is -2.15. The van der Waals surface area contributed by atoms with Crippen molar-refractivity contribution in [2.24, 2.45) is 5.73 Å². The Hall–Kier alpha value is -1.47. The van der Waals surface area contributed by atoms with Crippen LogP contribution in [0.1, 0.15) is 46.6 Å². The first kappa shape index (κ1) is 15.9. The molecule has 2 rings (SSSR count). The molecule has 0 saturated carbocycles. The molecule has 0 amide bonds. The fraction of sp³-hybridized carbons (Fsp3) is 0.429. The molecule has 114 valence electrons. The van der Waals surface area contributed by atoms with Gasteiger partial charge in [0.2, 0.25) is 0 Å². The zero-order valence-corrected chi connectivity index (χ0v) is 12.6. The Morgan fingerprint density at radius 3 is 2.62 bits per heavy atom. The van der Waals surface area contributed by atoms with Crippen LogP contribution in [0.2, 0.25) is 0 Å². The minimum absolute atomic E-state index is 0.492. The van der Waals surface area contributed by atoms with Crippen molar-refractivity contribution in [1.29, 1.82) is 0 Å². The summed E-state index contributed by atoms with van der Waals surface area (Å²) < 4.78 is 42.0. The summed E-state index contributed by atoms with van der Waals surface area (Å²) in [6.07, 6.45) is -2.66. The van der Waals surface area contributed by atoms with E-state index in [4.69, 9.17) is 5.73 Å². The molecule has 0 aliphatic rings. The average Bonchev–Trinajstić information content (AvgIpc) is 2.85. The molecule has 3 nitrogen and oxygen atoms in total. The fourth-order valence-electron chi connectivity index (χ4n) is 2.20. The third-order valence-electron chi connectivity index (χ3n) is 3.29. The molecule has 21 heavy (non-hydrogen) atoms. The number of aromatic nitrogens is 2. The highest BCUT2D eigenvalue weighted by Crippen LogP contribution is 2.33. The molecule has 0 saturated heterocycles. The SMILES string of the molecule is CCCc1nnsc1C(N)c1ccc(C(F)(F)F)cc1C. The van der Waals surface area contributed by atoms with E-state index in [0.29, 0.717) is 11.1 Å². The Bertz CT molecular complexity index is 622. The Kier molecular flexibility index (Phi) is 4.63. The van der Waals surface area contributed by atoms with Crippen LogP contribution >= 0.6 is 11.5 Å². The molecular formula is C14H16F3N3S. The summed E-state index contributed by atoms with van der Waals surface area (Å²) in [5.41, 5.74) is 7.56. The van der Waals surface area contributed by atoms with Gasteiger partial charge in [0, 0.05) is 0 Å². The van der Waals surface area contributed by atoms with Gasteiger partial charge in [0.1, 0.15) is 0 Å². The summed E-state index contributed by atoms with van der Waals surface area (Å²) in [5.74, 6) is 0. The Labute approximate surface area is 125 Å². The molecule has 0 radical (unpaired) electrons. The van der Waals surface area contributed by atoms with Crippen molar-refractivity contribution in [3.63, 3.8) is 0 Å². The second-order valence-corrected chi connectivity index (χ2v) is 5.67. The van der Waals surface area contributed by atoms with Crippen molar-refractivity contribution in [2.75, 3.05) is 0 Å². The number of hydrogen-bond acceptors (Lipinski definition) is 4. The van der Waals surface area contributed by atoms with Crippen LogP contribution in [0, 0.1) is 6.92 Å². The number of hydrogen-bond donors (Lipinski definition) is 1. The van der Waals surface area contributed by atoms with Gasteiger partial charge in [-0.15, -0.1) is 5.10 Å². The van der Waals surface area contributed by atoms with Crippen LogP contribution in [-0.4, -0.2) is 9.59 Å². The van der Waals surface area contributed by atoms with Gasteiger partial charge in [-0.1, -0.05) is 23.9 Å². The van der Waals surface area contributed by atoms with Crippen molar-refractivity contribution in [3.05, 3.63) is 45.5 Å². The van der Waals surface area contributed by atoms with Gasteiger partial charge in [-0.25, -0.2) is 0 Å². The molecule has 2 aromatic rings. The van der Waals surface area contributed by atoms with Crippen LogP contribution in [0.15, 0.2) is 18.2 Å². The highest BCUT2D eigenvalue weighted by atomic mass is 32.1. The van der Waals surface area contributed by atoms with Gasteiger partial charge in [-0.05, 0) is 48.1 Å². The number of aryl methyl sites for hydroxylation is 2. The van der Waals surface area contributed by atoms with E-state index in [1.165, 1.54) is 17.6 Å². The Morgan fingerprint density at radius 1 is 1.33 bits per heavy atom. The molecule has 0 fully saturated rings. The largest absolute Gasteiger partial charge is 0.416 e. The molecule has 7 heteroatoms. The first-order valence-electron chi connectivity index (χ1n) is 6.59. The normalized spacial score (nSPS) is 13.4. The second kappa shape index (κ2) is 6.11. The lowest BCUT2D eigenvalue weighted by atomic mass is 9.97. The summed E-state index contributed by atoms with van der Waals surface area (Å²) in [5, 5.41) is 4.05. The summed E-state index contributed by atoms with van der Waals surface area (Å²) in [7, 11) is 0. The highest BCUT2D eigenvalue weighted by Gasteiger charge is 2.31. The summed E-state index contributed by atoms with van der Waals surface area (Å²) in [4.78, 5) is 0.819. The van der Waals surface area contributed by atoms with Gasteiger partial charge >= 0.3 is 6.18 Å². The van der Waals surface area contributed by atoms with Crippen molar-refractivity contribution >= 4 is 11.5 Å². The predicted octanol–water partition coefficient (Wildman–Crippen LogP) is 3.87. The Morgan fingerprint density at radius 2 is 2.05 bits per heavy atom. The van der Waals surface area contributed by atoms with Gasteiger partial charge in [0.25, 0.3) is 0 Å². The molecule has 1 heterocycles. The average molecular weight is 315 g/mol. The first-order chi connectivity index (χ1) is 9.84. The van der Waals surface area contributed by atoms with E-state index in [-0.39, 0.29) is 0 Å². The zero-order chi connectivity index (χ0) is 15.6. The molecule has 0 aliphatic carbocycles. The van der Waals surface area contributed by atoms with E-state index in [0.717, 1.165) is 35.5 Å². The van der Waals surface area contributed by atoms with Crippen LogP contribution < -0.4 is 5.73 Å². The zero-order valence-electron chi connectivity index (χ0n) is 11.7. The van der Waals surface area contributed by atoms with E-state index >= 15 is 0 Å². The molecule has 1 atom stereocenters. The van der Waals surface area contributed by atoms with Gasteiger partial charge in [0.05, 0.1) is 22.2 Å². The fourth-order valence-corrected chi connectivity index (χ4v) is 2.92. The van der Waals surface area contributed by atoms with E-state index in [1.54, 1.807) is 6.92 Å². The number of halogens is 3. The third kappa shape index (κ3) is 3.41. The van der Waals surface area contributed by atoms with E-state index in [2.05, 4.69) is 9.59 Å². The Balaban J connectivity index is 2.35. The number of rotatable bonds is 4. The highest BCUT2D eigenvalue weighted by molar-refractivity contribution is 7.05. The maximum atomic E-state index is 12.7. The van der Waals surface area contributed by atoms with Crippen molar-refractivity contribution < 1.29 is 13.2 Å². The second-order valence-electron chi connectivity index (χ2n) is 4.88. The van der Waals surface area contributed by atoms with Crippen LogP contribution in [0.3, 0.4) is 0 Å². The molecular weight excluding hydrogens is 299 g/mol. The van der Waals surface area contributed by atoms with Crippen molar-refractivity contribution in [1.82, 2.24) is 9.59 Å². The summed E-state index contributed by atoms with van der Waals surface area (Å²) >= 11 is 1.20. The minimum atomic E-state index is -4.34. The van der Waals surface area contributed by atoms with Gasteiger partial charge < -0.3 is 5.73 Å². The number of nitrogens with two attached hydrogens (primary N) is 1. The standard InChI is InChI=1S/C14H16F3N3S/c1-3-4-11-13(21-20-19-11)12(18)10-6-5-9(7-8(10)2)14(15,16)17/h5-7,12H,3-4,18H2,1-2H3. The quantitative estimate of drug-likeness (QED) is 0.932. The van der Waals surface area contributed by atoms with Crippen LogP contribution in [0.4, 0.5) is 13.2 Å². The van der Waals surface area contributed by atoms with Gasteiger partial charge in [-0.2, -0.15) is 13.2 Å². The summed E-state index contributed by atoms with van der Waals surface area (Å²) in [6, 6.07) is 3.14. The molecule has 1 aromatic carbocycles. The first-order valence-corrected chi connectivity index (χ1v) is 7.36. The lowest BCUT2D eigenvalue weighted by molar-refractivity contribution is -0.137. The van der Waals surface area contributed by atoms with Crippen LogP contribution in [0.25, 0.3) is 0 Å². The van der Waals surface area contributed by atoms with E-state index in [1.807, 2.05) is 6.92 Å². The maximum absolute atomic E-state index is 12.7. The molecule has 0 spiro atoms. The van der Waals surface area contributed by atoms with Crippen molar-refractivity contribution in [2.45, 2.75) is 38.9 Å². The predicted molar refractivity (Wildman–Crippen MR) is 76.1 cm³/mol. The van der Waals surface area contributed by atoms with Gasteiger partial charge in [-0.3, -0.25) is 0 Å². The maximum Gasteiger partial charge on any atom is 0.416 e. The molecule has 2 N–H and O–H groups in total. The minimum Gasteiger partial charge on any atom is -0.319 e. The number of nitrogens with zero attached hydrogens (tertiary/aromatic N) is 2.